The standard InChI is InChI=1S/C23H20N4O2S/c1-24-22(29)16-8-7-9-17(14-16)25-21(28)15-30-23-26-19-12-5-6-13-20(19)27(23)18-10-3-2-4-11-18/h2-14H,15H2,1H3,(H,24,29)(H,25,28). The fourth-order valence-electron chi connectivity index (χ4n) is 3.14. The number of nitrogens with zero attached hydrogens (tertiary/aromatic N) is 2. The topological polar surface area (TPSA) is 76.0 Å². The summed E-state index contributed by atoms with van der Waals surface area (Å²) >= 11 is 1.37. The Morgan fingerprint density at radius 1 is 0.967 bits per heavy atom. The molecule has 3 aromatic carbocycles. The van der Waals surface area contributed by atoms with Crippen LogP contribution in [0.3, 0.4) is 0 Å². The molecular formula is C23H20N4O2S. The molecule has 2 amide bonds. The van der Waals surface area contributed by atoms with Crippen molar-refractivity contribution in [3.05, 3.63) is 84.4 Å². The molecule has 30 heavy (non-hydrogen) atoms. The van der Waals surface area contributed by atoms with Crippen molar-refractivity contribution in [2.24, 2.45) is 0 Å². The molecule has 0 radical (unpaired) electrons. The highest BCUT2D eigenvalue weighted by Gasteiger charge is 2.14. The zero-order chi connectivity index (χ0) is 20.9. The van der Waals surface area contributed by atoms with Gasteiger partial charge in [-0.25, -0.2) is 4.98 Å². The summed E-state index contributed by atoms with van der Waals surface area (Å²) in [4.78, 5) is 29.0. The van der Waals surface area contributed by atoms with Crippen LogP contribution in [0.4, 0.5) is 5.69 Å². The largest absolute Gasteiger partial charge is 0.355 e. The average molecular weight is 417 g/mol. The van der Waals surface area contributed by atoms with Crippen molar-refractivity contribution in [1.82, 2.24) is 14.9 Å². The number of hydrogen-bond acceptors (Lipinski definition) is 4. The van der Waals surface area contributed by atoms with E-state index >= 15 is 0 Å². The van der Waals surface area contributed by atoms with Crippen LogP contribution < -0.4 is 10.6 Å². The maximum atomic E-state index is 12.5. The van der Waals surface area contributed by atoms with Gasteiger partial charge < -0.3 is 10.6 Å². The van der Waals surface area contributed by atoms with Crippen LogP contribution in [0.25, 0.3) is 16.7 Å². The molecule has 6 nitrogen and oxygen atoms in total. The van der Waals surface area contributed by atoms with Gasteiger partial charge in [-0.15, -0.1) is 0 Å². The predicted molar refractivity (Wildman–Crippen MR) is 120 cm³/mol. The molecule has 0 saturated carbocycles. The molecule has 4 rings (SSSR count). The molecule has 150 valence electrons. The van der Waals surface area contributed by atoms with Crippen molar-refractivity contribution in [2.45, 2.75) is 5.16 Å². The van der Waals surface area contributed by atoms with E-state index in [2.05, 4.69) is 15.2 Å². The van der Waals surface area contributed by atoms with Crippen LogP contribution in [-0.4, -0.2) is 34.2 Å². The SMILES string of the molecule is CNC(=O)c1cccc(NC(=O)CSc2nc3ccccc3n2-c2ccccc2)c1. The summed E-state index contributed by atoms with van der Waals surface area (Å²) < 4.78 is 2.06. The van der Waals surface area contributed by atoms with Gasteiger partial charge in [0.1, 0.15) is 0 Å². The number of rotatable bonds is 6. The van der Waals surface area contributed by atoms with Crippen LogP contribution in [0.5, 0.6) is 0 Å². The maximum absolute atomic E-state index is 12.5. The summed E-state index contributed by atoms with van der Waals surface area (Å²) in [5.41, 5.74) is 3.94. The number of imidazole rings is 1. The number of carbonyl (C=O) groups excluding carboxylic acids is 2. The lowest BCUT2D eigenvalue weighted by atomic mass is 10.2. The zero-order valence-corrected chi connectivity index (χ0v) is 17.1. The van der Waals surface area contributed by atoms with Crippen molar-refractivity contribution in [3.8, 4) is 5.69 Å². The Morgan fingerprint density at radius 2 is 1.73 bits per heavy atom. The van der Waals surface area contributed by atoms with Crippen molar-refractivity contribution >= 4 is 40.3 Å². The van der Waals surface area contributed by atoms with E-state index < -0.39 is 0 Å². The number of nitrogens with one attached hydrogen (secondary N) is 2. The molecule has 0 spiro atoms. The number of para-hydroxylation sites is 3. The molecule has 0 atom stereocenters. The number of amides is 2. The van der Waals surface area contributed by atoms with Gasteiger partial charge in [-0.3, -0.25) is 14.2 Å². The monoisotopic (exact) mass is 416 g/mol. The number of aromatic nitrogens is 2. The third-order valence-corrected chi connectivity index (χ3v) is 5.45. The summed E-state index contributed by atoms with van der Waals surface area (Å²) in [6.45, 7) is 0. The van der Waals surface area contributed by atoms with Gasteiger partial charge in [0.25, 0.3) is 5.91 Å². The minimum Gasteiger partial charge on any atom is -0.355 e. The molecule has 7 heteroatoms. The van der Waals surface area contributed by atoms with Gasteiger partial charge in [-0.1, -0.05) is 48.2 Å². The van der Waals surface area contributed by atoms with E-state index in [-0.39, 0.29) is 17.6 Å². The molecule has 1 aromatic heterocycles. The lowest BCUT2D eigenvalue weighted by Gasteiger charge is -2.09. The van der Waals surface area contributed by atoms with Crippen LogP contribution in [0, 0.1) is 0 Å². The first kappa shape index (κ1) is 19.7. The lowest BCUT2D eigenvalue weighted by molar-refractivity contribution is -0.113. The Kier molecular flexibility index (Phi) is 5.81. The van der Waals surface area contributed by atoms with E-state index in [1.807, 2.05) is 54.6 Å². The molecule has 0 fully saturated rings. The van der Waals surface area contributed by atoms with Crippen molar-refractivity contribution in [3.63, 3.8) is 0 Å². The van der Waals surface area contributed by atoms with Gasteiger partial charge in [-0.2, -0.15) is 0 Å². The second-order valence-electron chi connectivity index (χ2n) is 6.55. The summed E-state index contributed by atoms with van der Waals surface area (Å²) in [5.74, 6) is -0.168. The fraction of sp³-hybridized carbons (Fsp3) is 0.0870. The molecule has 1 heterocycles. The van der Waals surface area contributed by atoms with Gasteiger partial charge in [0.2, 0.25) is 5.91 Å². The first-order valence-electron chi connectivity index (χ1n) is 9.43. The second-order valence-corrected chi connectivity index (χ2v) is 7.49. The molecule has 0 aliphatic rings. The highest BCUT2D eigenvalue weighted by molar-refractivity contribution is 7.99. The lowest BCUT2D eigenvalue weighted by Crippen LogP contribution is -2.19. The fourth-order valence-corrected chi connectivity index (χ4v) is 3.97. The molecule has 0 unspecified atom stereocenters. The number of anilines is 1. The van der Waals surface area contributed by atoms with E-state index in [0.717, 1.165) is 21.9 Å². The van der Waals surface area contributed by atoms with Gasteiger partial charge in [0, 0.05) is 24.0 Å². The minimum absolute atomic E-state index is 0.166. The smallest absolute Gasteiger partial charge is 0.251 e. The van der Waals surface area contributed by atoms with Gasteiger partial charge >= 0.3 is 0 Å². The summed E-state index contributed by atoms with van der Waals surface area (Å²) in [6, 6.07) is 24.7. The molecule has 0 bridgehead atoms. The van der Waals surface area contributed by atoms with Crippen molar-refractivity contribution in [1.29, 1.82) is 0 Å². The molecule has 4 aromatic rings. The summed E-state index contributed by atoms with van der Waals surface area (Å²) in [6.07, 6.45) is 0. The Labute approximate surface area is 178 Å². The van der Waals surface area contributed by atoms with Crippen LogP contribution in [0.2, 0.25) is 0 Å². The van der Waals surface area contributed by atoms with Crippen LogP contribution in [-0.2, 0) is 4.79 Å². The van der Waals surface area contributed by atoms with Crippen LogP contribution in [0.15, 0.2) is 84.0 Å². The molecule has 2 N–H and O–H groups in total. The first-order chi connectivity index (χ1) is 14.7. The number of hydrogen-bond donors (Lipinski definition) is 2. The maximum Gasteiger partial charge on any atom is 0.251 e. The molecule has 0 saturated heterocycles. The van der Waals surface area contributed by atoms with Gasteiger partial charge in [0.05, 0.1) is 16.8 Å². The molecular weight excluding hydrogens is 396 g/mol. The Balaban J connectivity index is 1.53. The Morgan fingerprint density at radius 3 is 2.53 bits per heavy atom. The number of benzene rings is 3. The van der Waals surface area contributed by atoms with E-state index in [4.69, 9.17) is 4.98 Å². The number of fused-ring (bicyclic) bond motifs is 1. The van der Waals surface area contributed by atoms with Gasteiger partial charge in [0.15, 0.2) is 5.16 Å². The predicted octanol–water partition coefficient (Wildman–Crippen LogP) is 4.12. The Bertz CT molecular complexity index is 1200. The second kappa shape index (κ2) is 8.84. The molecule has 0 aliphatic carbocycles. The number of thioether (sulfide) groups is 1. The minimum atomic E-state index is -0.197. The van der Waals surface area contributed by atoms with Crippen molar-refractivity contribution < 1.29 is 9.59 Å². The Hall–Kier alpha value is -3.58. The normalized spacial score (nSPS) is 10.7. The van der Waals surface area contributed by atoms with Crippen LogP contribution >= 0.6 is 11.8 Å². The summed E-state index contributed by atoms with van der Waals surface area (Å²) in [7, 11) is 1.57. The van der Waals surface area contributed by atoms with Crippen LogP contribution in [0.1, 0.15) is 10.4 Å². The third kappa shape index (κ3) is 4.21. The highest BCUT2D eigenvalue weighted by atomic mass is 32.2. The highest BCUT2D eigenvalue weighted by Crippen LogP contribution is 2.28. The number of carbonyl (C=O) groups is 2. The van der Waals surface area contributed by atoms with E-state index in [0.29, 0.717) is 11.3 Å². The van der Waals surface area contributed by atoms with E-state index in [9.17, 15) is 9.59 Å². The third-order valence-electron chi connectivity index (χ3n) is 4.51. The summed E-state index contributed by atoms with van der Waals surface area (Å²) in [5, 5.41) is 6.17. The van der Waals surface area contributed by atoms with E-state index in [1.165, 1.54) is 11.8 Å². The quantitative estimate of drug-likeness (QED) is 0.464. The molecule has 0 aliphatic heterocycles. The van der Waals surface area contributed by atoms with E-state index in [1.54, 1.807) is 31.3 Å². The van der Waals surface area contributed by atoms with Gasteiger partial charge in [-0.05, 0) is 42.5 Å². The zero-order valence-electron chi connectivity index (χ0n) is 16.3. The van der Waals surface area contributed by atoms with Crippen molar-refractivity contribution in [2.75, 3.05) is 18.1 Å². The first-order valence-corrected chi connectivity index (χ1v) is 10.4. The average Bonchev–Trinajstić information content (AvgIpc) is 3.16.